The molecule has 0 aliphatic heterocycles. The van der Waals surface area contributed by atoms with Crippen LogP contribution in [0.2, 0.25) is 0 Å². The molecule has 1 amide bonds. The second-order valence-corrected chi connectivity index (χ2v) is 6.91. The molecular formula is C19H25N3O2. The Morgan fingerprint density at radius 1 is 1.38 bits per heavy atom. The Bertz CT molecular complexity index is 823. The molecular weight excluding hydrogens is 302 g/mol. The summed E-state index contributed by atoms with van der Waals surface area (Å²) in [5.74, 6) is -0.0989. The number of amides is 1. The largest absolute Gasteiger partial charge is 0.357 e. The van der Waals surface area contributed by atoms with E-state index in [2.05, 4.69) is 17.2 Å². The van der Waals surface area contributed by atoms with Gasteiger partial charge in [-0.25, -0.2) is 0 Å². The van der Waals surface area contributed by atoms with E-state index < -0.39 is 0 Å². The summed E-state index contributed by atoms with van der Waals surface area (Å²) < 4.78 is 1.58. The van der Waals surface area contributed by atoms with E-state index in [9.17, 15) is 9.59 Å². The zero-order valence-corrected chi connectivity index (χ0v) is 14.4. The van der Waals surface area contributed by atoms with Crippen LogP contribution in [0.1, 0.15) is 56.3 Å². The lowest BCUT2D eigenvalue weighted by Crippen LogP contribution is -2.47. The van der Waals surface area contributed by atoms with Crippen molar-refractivity contribution in [3.63, 3.8) is 0 Å². The monoisotopic (exact) mass is 327 g/mol. The number of hydrogen-bond acceptors (Lipinski definition) is 2. The summed E-state index contributed by atoms with van der Waals surface area (Å²) >= 11 is 0. The van der Waals surface area contributed by atoms with E-state index in [1.54, 1.807) is 23.0 Å². The Balaban J connectivity index is 1.98. The minimum Gasteiger partial charge on any atom is -0.357 e. The number of rotatable bonds is 4. The molecule has 2 aromatic heterocycles. The maximum Gasteiger partial charge on any atom is 0.275 e. The molecule has 0 aromatic carbocycles. The lowest BCUT2D eigenvalue weighted by Gasteiger charge is -2.34. The van der Waals surface area contributed by atoms with E-state index in [4.69, 9.17) is 0 Å². The van der Waals surface area contributed by atoms with E-state index in [1.165, 1.54) is 6.42 Å². The van der Waals surface area contributed by atoms with Crippen LogP contribution in [0.3, 0.4) is 0 Å². The summed E-state index contributed by atoms with van der Waals surface area (Å²) in [5, 5.41) is 3.90. The van der Waals surface area contributed by atoms with Crippen LogP contribution in [0.5, 0.6) is 0 Å². The van der Waals surface area contributed by atoms with Gasteiger partial charge in [-0.3, -0.25) is 9.59 Å². The molecule has 2 heterocycles. The van der Waals surface area contributed by atoms with Gasteiger partial charge in [0, 0.05) is 29.9 Å². The van der Waals surface area contributed by atoms with Crippen molar-refractivity contribution in [2.75, 3.05) is 0 Å². The summed E-state index contributed by atoms with van der Waals surface area (Å²) in [7, 11) is 0. The van der Waals surface area contributed by atoms with Crippen molar-refractivity contribution < 1.29 is 4.79 Å². The number of nitrogens with one attached hydrogen (secondary N) is 2. The van der Waals surface area contributed by atoms with Gasteiger partial charge in [0.25, 0.3) is 11.5 Å². The zero-order valence-electron chi connectivity index (χ0n) is 14.4. The SMILES string of the molecule is CC=CCn1cc(C(=O)NC2(C)CCCCC2)c2cc[nH]c2c1=O. The molecule has 2 N–H and O–H groups in total. The number of aromatic nitrogens is 2. The van der Waals surface area contributed by atoms with Crippen molar-refractivity contribution in [3.8, 4) is 0 Å². The van der Waals surface area contributed by atoms with Gasteiger partial charge >= 0.3 is 0 Å². The van der Waals surface area contributed by atoms with Crippen LogP contribution >= 0.6 is 0 Å². The van der Waals surface area contributed by atoms with Gasteiger partial charge in [-0.2, -0.15) is 0 Å². The standard InChI is InChI=1S/C19H25N3O2/c1-3-4-12-22-13-15(14-8-11-20-16(14)18(22)24)17(23)21-19(2)9-6-5-7-10-19/h3-4,8,11,13,20H,5-7,9-10,12H2,1-2H3,(H,21,23). The molecule has 0 radical (unpaired) electrons. The lowest BCUT2D eigenvalue weighted by molar-refractivity contribution is 0.0883. The topological polar surface area (TPSA) is 66.9 Å². The fourth-order valence-electron chi connectivity index (χ4n) is 3.53. The average molecular weight is 327 g/mol. The summed E-state index contributed by atoms with van der Waals surface area (Å²) in [5.41, 5.74) is 0.791. The first kappa shape index (κ1) is 16.6. The number of hydrogen-bond donors (Lipinski definition) is 2. The third-order valence-electron chi connectivity index (χ3n) is 4.95. The normalized spacial score (nSPS) is 17.4. The van der Waals surface area contributed by atoms with Crippen LogP contribution < -0.4 is 10.9 Å². The molecule has 3 rings (SSSR count). The van der Waals surface area contributed by atoms with Crippen molar-refractivity contribution in [2.45, 2.75) is 58.0 Å². The Morgan fingerprint density at radius 2 is 2.12 bits per heavy atom. The van der Waals surface area contributed by atoms with Gasteiger partial charge in [-0.1, -0.05) is 31.4 Å². The second-order valence-electron chi connectivity index (χ2n) is 6.91. The molecule has 128 valence electrons. The maximum absolute atomic E-state index is 12.9. The maximum atomic E-state index is 12.9. The van der Waals surface area contributed by atoms with E-state index in [1.807, 2.05) is 19.1 Å². The van der Waals surface area contributed by atoms with Crippen molar-refractivity contribution in [1.82, 2.24) is 14.9 Å². The van der Waals surface area contributed by atoms with Gasteiger partial charge in [0.15, 0.2) is 0 Å². The summed E-state index contributed by atoms with van der Waals surface area (Å²) in [6.07, 6.45) is 12.7. The molecule has 0 bridgehead atoms. The van der Waals surface area contributed by atoms with E-state index in [0.717, 1.165) is 25.7 Å². The number of carbonyl (C=O) groups excluding carboxylic acids is 1. The first-order valence-corrected chi connectivity index (χ1v) is 8.68. The molecule has 0 saturated heterocycles. The van der Waals surface area contributed by atoms with Gasteiger partial charge < -0.3 is 14.9 Å². The van der Waals surface area contributed by atoms with Crippen molar-refractivity contribution in [3.05, 3.63) is 46.5 Å². The molecule has 1 aliphatic rings. The predicted octanol–water partition coefficient (Wildman–Crippen LogP) is 3.36. The molecule has 1 aliphatic carbocycles. The number of allylic oxidation sites excluding steroid dienone is 2. The number of aromatic amines is 1. The van der Waals surface area contributed by atoms with Gasteiger partial charge in [0.1, 0.15) is 5.52 Å². The number of fused-ring (bicyclic) bond motifs is 1. The van der Waals surface area contributed by atoms with Crippen LogP contribution in [0.15, 0.2) is 35.4 Å². The molecule has 0 spiro atoms. The Labute approximate surface area is 141 Å². The Hall–Kier alpha value is -2.30. The molecule has 1 saturated carbocycles. The van der Waals surface area contributed by atoms with Crippen LogP contribution in [-0.2, 0) is 6.54 Å². The molecule has 24 heavy (non-hydrogen) atoms. The number of H-pyrrole nitrogens is 1. The second kappa shape index (κ2) is 6.67. The lowest BCUT2D eigenvalue weighted by atomic mass is 9.83. The highest BCUT2D eigenvalue weighted by Gasteiger charge is 2.29. The minimum atomic E-state index is -0.151. The summed E-state index contributed by atoms with van der Waals surface area (Å²) in [6.45, 7) is 4.49. The number of carbonyl (C=O) groups is 1. The molecule has 5 heteroatoms. The highest BCUT2D eigenvalue weighted by atomic mass is 16.2. The fourth-order valence-corrected chi connectivity index (χ4v) is 3.53. The third kappa shape index (κ3) is 3.16. The van der Waals surface area contributed by atoms with Crippen LogP contribution in [0.25, 0.3) is 10.9 Å². The highest BCUT2D eigenvalue weighted by Crippen LogP contribution is 2.28. The van der Waals surface area contributed by atoms with Crippen molar-refractivity contribution >= 4 is 16.8 Å². The quantitative estimate of drug-likeness (QED) is 0.846. The van der Waals surface area contributed by atoms with Crippen LogP contribution in [0, 0.1) is 0 Å². The van der Waals surface area contributed by atoms with Gasteiger partial charge in [-0.05, 0) is 32.8 Å². The van der Waals surface area contributed by atoms with Crippen LogP contribution in [0.4, 0.5) is 0 Å². The number of nitrogens with zero attached hydrogens (tertiary/aromatic N) is 1. The fraction of sp³-hybridized carbons (Fsp3) is 0.474. The smallest absolute Gasteiger partial charge is 0.275 e. The minimum absolute atomic E-state index is 0.0989. The van der Waals surface area contributed by atoms with E-state index in [-0.39, 0.29) is 17.0 Å². The molecule has 0 atom stereocenters. The first-order chi connectivity index (χ1) is 11.5. The molecule has 5 nitrogen and oxygen atoms in total. The molecule has 2 aromatic rings. The van der Waals surface area contributed by atoms with E-state index >= 15 is 0 Å². The van der Waals surface area contributed by atoms with E-state index in [0.29, 0.717) is 23.0 Å². The Morgan fingerprint density at radius 3 is 2.83 bits per heavy atom. The molecule has 0 unspecified atom stereocenters. The first-order valence-electron chi connectivity index (χ1n) is 8.68. The van der Waals surface area contributed by atoms with Crippen molar-refractivity contribution in [1.29, 1.82) is 0 Å². The van der Waals surface area contributed by atoms with Gasteiger partial charge in [-0.15, -0.1) is 0 Å². The highest BCUT2D eigenvalue weighted by molar-refractivity contribution is 6.06. The third-order valence-corrected chi connectivity index (χ3v) is 4.95. The average Bonchev–Trinajstić information content (AvgIpc) is 3.04. The summed E-state index contributed by atoms with van der Waals surface area (Å²) in [4.78, 5) is 28.4. The van der Waals surface area contributed by atoms with Gasteiger partial charge in [0.2, 0.25) is 0 Å². The zero-order chi connectivity index (χ0) is 17.2. The summed E-state index contributed by atoms with van der Waals surface area (Å²) in [6, 6.07) is 1.80. The molecule has 1 fully saturated rings. The predicted molar refractivity (Wildman–Crippen MR) is 96.3 cm³/mol. The number of pyridine rings is 1. The van der Waals surface area contributed by atoms with Crippen LogP contribution in [-0.4, -0.2) is 21.0 Å². The Kier molecular flexibility index (Phi) is 4.60. The van der Waals surface area contributed by atoms with Gasteiger partial charge in [0.05, 0.1) is 5.56 Å². The van der Waals surface area contributed by atoms with Crippen molar-refractivity contribution in [2.24, 2.45) is 0 Å².